The number of hydrogen-bond acceptors (Lipinski definition) is 8. The number of rotatable bonds is 5. The second-order valence-electron chi connectivity index (χ2n) is 11.4. The van der Waals surface area contributed by atoms with Gasteiger partial charge in [-0.3, -0.25) is 9.59 Å². The van der Waals surface area contributed by atoms with Crippen LogP contribution in [0.2, 0.25) is 0 Å². The van der Waals surface area contributed by atoms with Crippen molar-refractivity contribution in [2.75, 3.05) is 14.2 Å². The molecule has 4 aromatic carbocycles. The van der Waals surface area contributed by atoms with E-state index in [0.717, 1.165) is 79.0 Å². The van der Waals surface area contributed by atoms with E-state index in [4.69, 9.17) is 16.5 Å². The molecule has 2 aliphatic rings. The fourth-order valence-electron chi connectivity index (χ4n) is 6.41. The Kier molecular flexibility index (Phi) is 14.0. The molecule has 0 saturated carbocycles. The Hall–Kier alpha value is -4.27. The van der Waals surface area contributed by atoms with Gasteiger partial charge in [-0.25, -0.2) is 22.0 Å². The number of carbonyl (C=O) groups is 2. The van der Waals surface area contributed by atoms with Crippen LogP contribution < -0.4 is 11.1 Å². The maximum Gasteiger partial charge on any atom is 2.00 e. The van der Waals surface area contributed by atoms with Crippen molar-refractivity contribution in [2.24, 2.45) is 0 Å². The quantitative estimate of drug-likeness (QED) is 0.138. The van der Waals surface area contributed by atoms with Crippen LogP contribution in [0.5, 0.6) is 0 Å². The summed E-state index contributed by atoms with van der Waals surface area (Å²) < 4.78 is 7.56. The van der Waals surface area contributed by atoms with Crippen molar-refractivity contribution in [1.29, 1.82) is 0 Å². The van der Waals surface area contributed by atoms with E-state index in [2.05, 4.69) is 79.0 Å². The van der Waals surface area contributed by atoms with Crippen molar-refractivity contribution in [3.05, 3.63) is 94.5 Å². The molecular weight excluding hydrogens is 776 g/mol. The molecule has 16 heteroatoms. The summed E-state index contributed by atoms with van der Waals surface area (Å²) in [5, 5.41) is 2.55. The van der Waals surface area contributed by atoms with Gasteiger partial charge in [0.1, 0.15) is 0 Å². The molecule has 2 radical (unpaired) electrons. The molecule has 2 atom stereocenters. The van der Waals surface area contributed by atoms with Gasteiger partial charge >= 0.3 is 37.1 Å². The minimum Gasteiger partial charge on any atom is -0.632 e. The average molecular weight is 807 g/mol. The first-order valence-electron chi connectivity index (χ1n) is 15.4. The number of benzene rings is 4. The van der Waals surface area contributed by atoms with Gasteiger partial charge in [-0.1, -0.05) is 36.4 Å². The largest absolute Gasteiger partial charge is 2.00 e. The zero-order valence-corrected chi connectivity index (χ0v) is 32.6. The van der Waals surface area contributed by atoms with Gasteiger partial charge in [0.05, 0.1) is 42.1 Å². The van der Waals surface area contributed by atoms with E-state index >= 15 is 0 Å². The van der Waals surface area contributed by atoms with Crippen molar-refractivity contribution in [3.63, 3.8) is 0 Å². The molecule has 260 valence electrons. The summed E-state index contributed by atoms with van der Waals surface area (Å²) in [5.74, 6) is 0. The predicted octanol–water partition coefficient (Wildman–Crippen LogP) is 6.98. The number of H-pyrrole nitrogens is 2. The van der Waals surface area contributed by atoms with Gasteiger partial charge in [-0.05, 0) is 99.7 Å². The first-order valence-corrected chi connectivity index (χ1v) is 17.4. The number of fused-ring (bicyclic) bond motifs is 9. The molecule has 0 aliphatic heterocycles. The molecule has 0 bridgehead atoms. The Balaban J connectivity index is 0.000000450. The number of aromatic nitrogens is 4. The van der Waals surface area contributed by atoms with Gasteiger partial charge in [0, 0.05) is 11.3 Å². The van der Waals surface area contributed by atoms with Crippen LogP contribution in [0.15, 0.2) is 60.7 Å². The SMILES string of the molecule is COC([NH-])=O.COC([NH-])=O.O=[C-]Pc1nc2c([nH]1)CCc1cc3c(cc1-2)CCc1c-3ccc2cc(-c3ccc4nc(P[C-]=O)[nH]c4c3)ccc12.[V+2].[V+2]. The second kappa shape index (κ2) is 18.0. The van der Waals surface area contributed by atoms with Crippen molar-refractivity contribution < 1.29 is 65.8 Å². The van der Waals surface area contributed by atoms with Crippen LogP contribution in [-0.4, -0.2) is 58.4 Å². The summed E-state index contributed by atoms with van der Waals surface area (Å²) >= 11 is 0. The normalized spacial score (nSPS) is 12.1. The van der Waals surface area contributed by atoms with E-state index in [1.54, 1.807) is 0 Å². The molecule has 12 nitrogen and oxygen atoms in total. The molecule has 2 unspecified atom stereocenters. The Morgan fingerprint density at radius 3 is 1.98 bits per heavy atom. The number of ether oxygens (including phenoxy) is 2. The first-order chi connectivity index (χ1) is 24.2. The number of hydrogen-bond donors (Lipinski definition) is 2. The van der Waals surface area contributed by atoms with Gasteiger partial charge in [0.15, 0.2) is 0 Å². The molecule has 0 fully saturated rings. The third-order valence-electron chi connectivity index (χ3n) is 8.60. The zero-order chi connectivity index (χ0) is 35.4. The smallest absolute Gasteiger partial charge is 0.632 e. The fourth-order valence-corrected chi connectivity index (χ4v) is 7.35. The summed E-state index contributed by atoms with van der Waals surface area (Å²) in [6, 6.07) is 26.1. The van der Waals surface area contributed by atoms with Crippen molar-refractivity contribution in [3.8, 4) is 33.5 Å². The summed E-state index contributed by atoms with van der Waals surface area (Å²) in [6.07, 6.45) is 1.87. The van der Waals surface area contributed by atoms with Crippen molar-refractivity contribution in [2.45, 2.75) is 25.7 Å². The summed E-state index contributed by atoms with van der Waals surface area (Å²) in [4.78, 5) is 56.0. The average Bonchev–Trinajstić information content (AvgIpc) is 3.74. The number of amides is 2. The number of methoxy groups -OCH3 is 2. The number of aryl methyl sites for hydroxylation is 4. The molecule has 2 aliphatic carbocycles. The number of imidazole rings is 2. The van der Waals surface area contributed by atoms with E-state index in [1.807, 2.05) is 18.1 Å². The second-order valence-corrected chi connectivity index (χ2v) is 13.2. The van der Waals surface area contributed by atoms with Crippen molar-refractivity contribution >= 4 is 74.3 Å². The number of aromatic amines is 2. The Labute approximate surface area is 326 Å². The molecule has 0 saturated heterocycles. The molecule has 2 heterocycles. The third kappa shape index (κ3) is 8.67. The number of nitrogens with one attached hydrogen (secondary N) is 4. The topological polar surface area (TPSA) is 192 Å². The van der Waals surface area contributed by atoms with Crippen LogP contribution in [0, 0.1) is 0 Å². The van der Waals surface area contributed by atoms with E-state index < -0.39 is 12.2 Å². The van der Waals surface area contributed by atoms with E-state index in [9.17, 15) is 19.2 Å². The molecule has 8 rings (SSSR count). The number of nitrogens with zero attached hydrogens (tertiary/aromatic N) is 2. The fraction of sp³-hybridized carbons (Fsp3) is 0.167. The van der Waals surface area contributed by atoms with Gasteiger partial charge in [-0.15, -0.1) is 0 Å². The monoisotopic (exact) mass is 806 g/mol. The molecule has 6 aromatic rings. The molecule has 52 heavy (non-hydrogen) atoms. The zero-order valence-electron chi connectivity index (χ0n) is 27.8. The van der Waals surface area contributed by atoms with Crippen LogP contribution in [0.25, 0.3) is 66.8 Å². The van der Waals surface area contributed by atoms with E-state index in [-0.39, 0.29) is 54.3 Å². The minimum absolute atomic E-state index is 0. The minimum atomic E-state index is -0.995. The number of carbonyl (C=O) groups excluding carboxylic acids is 4. The van der Waals surface area contributed by atoms with Crippen LogP contribution in [0.4, 0.5) is 9.59 Å². The Morgan fingerprint density at radius 2 is 1.31 bits per heavy atom. The van der Waals surface area contributed by atoms with Crippen LogP contribution >= 0.6 is 17.2 Å². The van der Waals surface area contributed by atoms with Gasteiger partial charge in [0.2, 0.25) is 12.2 Å². The molecular formula is C36H30N6O6P2V2. The van der Waals surface area contributed by atoms with Crippen molar-refractivity contribution in [1.82, 2.24) is 19.9 Å². The Morgan fingerprint density at radius 1 is 0.712 bits per heavy atom. The summed E-state index contributed by atoms with van der Waals surface area (Å²) in [6.45, 7) is 0. The molecule has 2 aromatic heterocycles. The summed E-state index contributed by atoms with van der Waals surface area (Å²) in [5.41, 5.74) is 27.5. The van der Waals surface area contributed by atoms with E-state index in [1.165, 1.54) is 44.2 Å². The summed E-state index contributed by atoms with van der Waals surface area (Å²) in [7, 11) is 2.18. The maximum atomic E-state index is 10.9. The predicted molar refractivity (Wildman–Crippen MR) is 198 cm³/mol. The molecule has 0 spiro atoms. The standard InChI is InChI=1S/C32H22N4O2P2.2C2H5NO2.2V/c37-15-39-31-33-27-9-4-18(14-29(27)35-31)17-1-6-22-19(11-17)2-8-24-23(22)7-3-20-13-26-21(12-25(20)24)5-10-28-30(26)36-32(34-28)40-16-38;2*1-5-2(3)4;;/h1-2,4,6,8-9,11-14,39-40H,3,5,7,10H2,(H,33,35)(H,34,36);2*1H3,(H2,3,4);;/q-2;;;2*+2/p-2. The van der Waals surface area contributed by atoms with Gasteiger partial charge in [0.25, 0.3) is 0 Å². The third-order valence-corrected chi connectivity index (χ3v) is 9.75. The van der Waals surface area contributed by atoms with Crippen LogP contribution in [0.3, 0.4) is 0 Å². The maximum absolute atomic E-state index is 10.9. The van der Waals surface area contributed by atoms with E-state index in [0.29, 0.717) is 5.57 Å². The molecule has 4 N–H and O–H groups in total. The Bertz CT molecular complexity index is 2280. The first kappa shape index (κ1) is 40.5. The molecule has 2 amide bonds. The van der Waals surface area contributed by atoms with Crippen LogP contribution in [0.1, 0.15) is 22.4 Å². The van der Waals surface area contributed by atoms with Crippen LogP contribution in [-0.2, 0) is 81.9 Å². The van der Waals surface area contributed by atoms with Gasteiger partial charge in [-0.2, -0.15) is 17.2 Å². The van der Waals surface area contributed by atoms with Gasteiger partial charge < -0.3 is 40.5 Å².